The van der Waals surface area contributed by atoms with E-state index in [2.05, 4.69) is 4.98 Å². The quantitative estimate of drug-likeness (QED) is 0.754. The van der Waals surface area contributed by atoms with E-state index in [1.165, 1.54) is 0 Å². The third kappa shape index (κ3) is 3.81. The molecule has 0 atom stereocenters. The monoisotopic (exact) mass is 209 g/mol. The van der Waals surface area contributed by atoms with Crippen LogP contribution in [0, 0.1) is 6.92 Å². The van der Waals surface area contributed by atoms with Crippen LogP contribution in [-0.2, 0) is 6.54 Å². The van der Waals surface area contributed by atoms with Gasteiger partial charge in [-0.1, -0.05) is 18.3 Å². The Kier molecular flexibility index (Phi) is 3.98. The molecular weight excluding hydrogens is 194 g/mol. The summed E-state index contributed by atoms with van der Waals surface area (Å²) in [5, 5.41) is 0. The normalized spacial score (nSPS) is 10.5. The molecule has 0 unspecified atom stereocenters. The van der Waals surface area contributed by atoms with Crippen LogP contribution in [-0.4, -0.2) is 28.5 Å². The van der Waals surface area contributed by atoms with Gasteiger partial charge in [0.2, 0.25) is 0 Å². The van der Waals surface area contributed by atoms with E-state index >= 15 is 0 Å². The number of pyridine rings is 1. The zero-order valence-corrected chi connectivity index (χ0v) is 9.34. The zero-order chi connectivity index (χ0) is 10.6. The summed E-state index contributed by atoms with van der Waals surface area (Å²) in [5.41, 5.74) is 7.52. The Morgan fingerprint density at radius 2 is 2.29 bits per heavy atom. The number of nitrogens with zero attached hydrogens (tertiary/aromatic N) is 2. The third-order valence-electron chi connectivity index (χ3n) is 1.80. The second-order valence-electron chi connectivity index (χ2n) is 3.41. The molecule has 1 heterocycles. The number of hydrogen-bond donors (Lipinski definition) is 1. The average molecular weight is 209 g/mol. The van der Waals surface area contributed by atoms with Crippen LogP contribution in [0.5, 0.6) is 0 Å². The van der Waals surface area contributed by atoms with Gasteiger partial charge >= 0.3 is 0 Å². The molecule has 0 aliphatic carbocycles. The van der Waals surface area contributed by atoms with E-state index in [0.717, 1.165) is 17.9 Å². The summed E-state index contributed by atoms with van der Waals surface area (Å²) in [7, 11) is 1.98. The molecule has 0 fully saturated rings. The summed E-state index contributed by atoms with van der Waals surface area (Å²) in [6, 6.07) is 5.99. The zero-order valence-electron chi connectivity index (χ0n) is 8.53. The molecule has 0 saturated carbocycles. The molecule has 0 aliphatic rings. The second-order valence-corrected chi connectivity index (χ2v) is 3.93. The Morgan fingerprint density at radius 3 is 2.86 bits per heavy atom. The average Bonchev–Trinajstić information content (AvgIpc) is 2.01. The van der Waals surface area contributed by atoms with Crippen LogP contribution in [0.4, 0.5) is 0 Å². The highest BCUT2D eigenvalue weighted by molar-refractivity contribution is 7.80. The van der Waals surface area contributed by atoms with Crippen molar-refractivity contribution in [3.8, 4) is 0 Å². The van der Waals surface area contributed by atoms with Crippen molar-refractivity contribution < 1.29 is 0 Å². The molecule has 0 amide bonds. The van der Waals surface area contributed by atoms with Crippen molar-refractivity contribution >= 4 is 17.2 Å². The molecule has 1 aromatic rings. The molecule has 3 nitrogen and oxygen atoms in total. The lowest BCUT2D eigenvalue weighted by atomic mass is 10.3. The predicted molar refractivity (Wildman–Crippen MR) is 62.1 cm³/mol. The first-order valence-electron chi connectivity index (χ1n) is 4.47. The van der Waals surface area contributed by atoms with Crippen LogP contribution in [0.1, 0.15) is 11.4 Å². The maximum Gasteiger partial charge on any atom is 0.0870 e. The number of nitrogens with two attached hydrogens (primary N) is 1. The highest BCUT2D eigenvalue weighted by Crippen LogP contribution is 2.01. The molecule has 1 aromatic heterocycles. The number of rotatable bonds is 4. The lowest BCUT2D eigenvalue weighted by Gasteiger charge is -2.14. The highest BCUT2D eigenvalue weighted by Gasteiger charge is 2.02. The van der Waals surface area contributed by atoms with E-state index in [1.54, 1.807) is 0 Å². The number of aryl methyl sites for hydroxylation is 1. The summed E-state index contributed by atoms with van der Waals surface area (Å²) in [4.78, 5) is 6.95. The van der Waals surface area contributed by atoms with Crippen molar-refractivity contribution in [2.45, 2.75) is 13.5 Å². The number of thiocarbonyl (C=S) groups is 1. The van der Waals surface area contributed by atoms with Crippen molar-refractivity contribution in [3.05, 3.63) is 29.6 Å². The molecule has 2 N–H and O–H groups in total. The van der Waals surface area contributed by atoms with Gasteiger partial charge in [0, 0.05) is 18.8 Å². The maximum atomic E-state index is 5.45. The standard InChI is InChI=1S/C10H15N3S/c1-8-4-3-5-9(12-8)6-13(2)7-10(11)14/h3-5H,6-7H2,1-2H3,(H2,11,14). The van der Waals surface area contributed by atoms with Gasteiger partial charge in [0.05, 0.1) is 10.7 Å². The Morgan fingerprint density at radius 1 is 1.57 bits per heavy atom. The minimum absolute atomic E-state index is 0.514. The summed E-state index contributed by atoms with van der Waals surface area (Å²) in [5.74, 6) is 0. The first-order chi connectivity index (χ1) is 6.58. The van der Waals surface area contributed by atoms with E-state index in [-0.39, 0.29) is 0 Å². The van der Waals surface area contributed by atoms with Crippen LogP contribution in [0.2, 0.25) is 0 Å². The van der Waals surface area contributed by atoms with Crippen molar-refractivity contribution in [1.82, 2.24) is 9.88 Å². The minimum Gasteiger partial charge on any atom is -0.392 e. The van der Waals surface area contributed by atoms with Crippen molar-refractivity contribution in [3.63, 3.8) is 0 Å². The highest BCUT2D eigenvalue weighted by atomic mass is 32.1. The first kappa shape index (κ1) is 11.1. The van der Waals surface area contributed by atoms with Crippen molar-refractivity contribution in [1.29, 1.82) is 0 Å². The molecule has 1 rings (SSSR count). The number of likely N-dealkylation sites (N-methyl/N-ethyl adjacent to an activating group) is 1. The van der Waals surface area contributed by atoms with Gasteiger partial charge in [-0.05, 0) is 26.1 Å². The van der Waals surface area contributed by atoms with E-state index in [9.17, 15) is 0 Å². The largest absolute Gasteiger partial charge is 0.392 e. The summed E-state index contributed by atoms with van der Waals surface area (Å²) in [6.07, 6.45) is 0. The summed E-state index contributed by atoms with van der Waals surface area (Å²) in [6.45, 7) is 3.39. The molecule has 14 heavy (non-hydrogen) atoms. The SMILES string of the molecule is Cc1cccc(CN(C)CC(N)=S)n1. The first-order valence-corrected chi connectivity index (χ1v) is 4.88. The van der Waals surface area contributed by atoms with E-state index in [0.29, 0.717) is 11.5 Å². The molecule has 0 radical (unpaired) electrons. The summed E-state index contributed by atoms with van der Waals surface area (Å²) >= 11 is 4.83. The molecule has 0 saturated heterocycles. The van der Waals surface area contributed by atoms with Crippen molar-refractivity contribution in [2.24, 2.45) is 5.73 Å². The van der Waals surface area contributed by atoms with Crippen molar-refractivity contribution in [2.75, 3.05) is 13.6 Å². The molecule has 0 aromatic carbocycles. The van der Waals surface area contributed by atoms with Gasteiger partial charge < -0.3 is 5.73 Å². The fraction of sp³-hybridized carbons (Fsp3) is 0.400. The van der Waals surface area contributed by atoms with Gasteiger partial charge in [-0.3, -0.25) is 9.88 Å². The molecule has 0 bridgehead atoms. The fourth-order valence-corrected chi connectivity index (χ4v) is 1.51. The minimum atomic E-state index is 0.514. The van der Waals surface area contributed by atoms with E-state index < -0.39 is 0 Å². The molecule has 0 aliphatic heterocycles. The Bertz CT molecular complexity index is 325. The van der Waals surface area contributed by atoms with Gasteiger partial charge in [0.1, 0.15) is 0 Å². The van der Waals surface area contributed by atoms with Crippen LogP contribution >= 0.6 is 12.2 Å². The molecule has 76 valence electrons. The fourth-order valence-electron chi connectivity index (χ4n) is 1.29. The number of hydrogen-bond acceptors (Lipinski definition) is 3. The summed E-state index contributed by atoms with van der Waals surface area (Å²) < 4.78 is 0. The lowest BCUT2D eigenvalue weighted by Crippen LogP contribution is -2.29. The molecule has 0 spiro atoms. The maximum absolute atomic E-state index is 5.45. The van der Waals surface area contributed by atoms with Crippen LogP contribution in [0.15, 0.2) is 18.2 Å². The Balaban J connectivity index is 2.55. The molecule has 4 heteroatoms. The smallest absolute Gasteiger partial charge is 0.0870 e. The predicted octanol–water partition coefficient (Wildman–Crippen LogP) is 1.11. The lowest BCUT2D eigenvalue weighted by molar-refractivity contribution is 0.369. The Labute approximate surface area is 89.9 Å². The van der Waals surface area contributed by atoms with Gasteiger partial charge in [0.15, 0.2) is 0 Å². The van der Waals surface area contributed by atoms with Gasteiger partial charge in [0.25, 0.3) is 0 Å². The molecular formula is C10H15N3S. The van der Waals surface area contributed by atoms with E-state index in [1.807, 2.05) is 37.1 Å². The number of aromatic nitrogens is 1. The Hall–Kier alpha value is -1.00. The van der Waals surface area contributed by atoms with Crippen LogP contribution in [0.3, 0.4) is 0 Å². The topological polar surface area (TPSA) is 42.1 Å². The van der Waals surface area contributed by atoms with Gasteiger partial charge in [-0.15, -0.1) is 0 Å². The van der Waals surface area contributed by atoms with Crippen LogP contribution in [0.25, 0.3) is 0 Å². The second kappa shape index (κ2) is 5.02. The van der Waals surface area contributed by atoms with Crippen LogP contribution < -0.4 is 5.73 Å². The van der Waals surface area contributed by atoms with Gasteiger partial charge in [-0.25, -0.2) is 0 Å². The third-order valence-corrected chi connectivity index (χ3v) is 1.93. The van der Waals surface area contributed by atoms with E-state index in [4.69, 9.17) is 18.0 Å². The van der Waals surface area contributed by atoms with Gasteiger partial charge in [-0.2, -0.15) is 0 Å².